The van der Waals surface area contributed by atoms with E-state index < -0.39 is 10.0 Å². The molecule has 0 aliphatic heterocycles. The number of non-ortho nitro benzene ring substituents is 1. The van der Waals surface area contributed by atoms with Crippen molar-refractivity contribution in [2.24, 2.45) is 0 Å². The van der Waals surface area contributed by atoms with Crippen molar-refractivity contribution in [1.29, 1.82) is 0 Å². The van der Waals surface area contributed by atoms with Crippen molar-refractivity contribution < 1.29 is 14.1 Å². The molecule has 0 radical (unpaired) electrons. The zero-order valence-electron chi connectivity index (χ0n) is 12.6. The number of aromatic nitrogens is 2. The Balaban J connectivity index is 1.68. The molecule has 2 aromatic carbocycles. The predicted molar refractivity (Wildman–Crippen MR) is 91.8 cm³/mol. The van der Waals surface area contributed by atoms with Crippen LogP contribution >= 0.6 is 23.4 Å². The van der Waals surface area contributed by atoms with E-state index in [-0.39, 0.29) is 16.5 Å². The molecule has 0 aliphatic carbocycles. The summed E-state index contributed by atoms with van der Waals surface area (Å²) in [6.07, 6.45) is 0.412. The number of carbonyl (C=O) groups excluding carboxylic acids is 1. The van der Waals surface area contributed by atoms with E-state index in [9.17, 15) is 14.9 Å². The van der Waals surface area contributed by atoms with E-state index in [1.54, 1.807) is 12.1 Å². The van der Waals surface area contributed by atoms with Gasteiger partial charge in [-0.3, -0.25) is 14.9 Å². The van der Waals surface area contributed by atoms with E-state index in [0.29, 0.717) is 17.3 Å². The monoisotopic (exact) mass is 375 g/mol. The first-order chi connectivity index (χ1) is 12.0. The minimum absolute atomic E-state index is 0.0838. The Hall–Kier alpha value is -2.71. The van der Waals surface area contributed by atoms with Crippen molar-refractivity contribution in [1.82, 2.24) is 10.2 Å². The van der Waals surface area contributed by atoms with Crippen molar-refractivity contribution in [3.8, 4) is 0 Å². The van der Waals surface area contributed by atoms with Crippen LogP contribution in [0.15, 0.2) is 58.2 Å². The lowest BCUT2D eigenvalue weighted by atomic mass is 10.1. The SMILES string of the molecule is O=C(Sc1nnc(Cc2ccc(Cl)cc2)o1)c1cccc([N+](=O)[O-])c1. The van der Waals surface area contributed by atoms with Gasteiger partial charge in [0.15, 0.2) is 0 Å². The smallest absolute Gasteiger partial charge is 0.284 e. The number of carbonyl (C=O) groups is 1. The van der Waals surface area contributed by atoms with Crippen LogP contribution in [0.5, 0.6) is 0 Å². The van der Waals surface area contributed by atoms with E-state index in [0.717, 1.165) is 17.3 Å². The fourth-order valence-electron chi connectivity index (χ4n) is 2.01. The van der Waals surface area contributed by atoms with Crippen LogP contribution in [-0.2, 0) is 6.42 Å². The first-order valence-electron chi connectivity index (χ1n) is 7.05. The summed E-state index contributed by atoms with van der Waals surface area (Å²) in [5.74, 6) is 0.358. The van der Waals surface area contributed by atoms with Gasteiger partial charge in [-0.2, -0.15) is 0 Å². The highest BCUT2D eigenvalue weighted by atomic mass is 35.5. The molecule has 9 heteroatoms. The second-order valence-electron chi connectivity index (χ2n) is 4.96. The third-order valence-electron chi connectivity index (χ3n) is 3.19. The standard InChI is InChI=1S/C16H10ClN3O4S/c17-12-6-4-10(5-7-12)8-14-18-19-16(24-14)25-15(21)11-2-1-3-13(9-11)20(22)23/h1-7,9H,8H2. The van der Waals surface area contributed by atoms with Gasteiger partial charge in [-0.25, -0.2) is 0 Å². The van der Waals surface area contributed by atoms with E-state index in [4.69, 9.17) is 16.0 Å². The van der Waals surface area contributed by atoms with Gasteiger partial charge in [-0.1, -0.05) is 29.8 Å². The molecule has 1 heterocycles. The topological polar surface area (TPSA) is 99.1 Å². The molecule has 0 unspecified atom stereocenters. The van der Waals surface area contributed by atoms with Crippen LogP contribution in [0.2, 0.25) is 5.02 Å². The van der Waals surface area contributed by atoms with Crippen molar-refractivity contribution in [2.75, 3.05) is 0 Å². The fraction of sp³-hybridized carbons (Fsp3) is 0.0625. The number of thioether (sulfide) groups is 1. The number of nitrogens with zero attached hydrogens (tertiary/aromatic N) is 3. The van der Waals surface area contributed by atoms with Crippen molar-refractivity contribution in [2.45, 2.75) is 11.6 Å². The van der Waals surface area contributed by atoms with Crippen LogP contribution in [0.4, 0.5) is 5.69 Å². The van der Waals surface area contributed by atoms with Crippen LogP contribution in [0, 0.1) is 10.1 Å². The van der Waals surface area contributed by atoms with Gasteiger partial charge < -0.3 is 4.42 Å². The number of benzene rings is 2. The quantitative estimate of drug-likeness (QED) is 0.375. The minimum atomic E-state index is -0.557. The lowest BCUT2D eigenvalue weighted by Crippen LogP contribution is -1.95. The van der Waals surface area contributed by atoms with Gasteiger partial charge in [0, 0.05) is 34.5 Å². The van der Waals surface area contributed by atoms with Crippen LogP contribution in [0.1, 0.15) is 21.8 Å². The van der Waals surface area contributed by atoms with Gasteiger partial charge in [-0.05, 0) is 23.8 Å². The Morgan fingerprint density at radius 2 is 1.96 bits per heavy atom. The molecule has 3 rings (SSSR count). The Kier molecular flexibility index (Phi) is 5.11. The molecule has 3 aromatic rings. The lowest BCUT2D eigenvalue weighted by molar-refractivity contribution is -0.384. The van der Waals surface area contributed by atoms with Crippen LogP contribution in [-0.4, -0.2) is 20.2 Å². The highest BCUT2D eigenvalue weighted by molar-refractivity contribution is 8.14. The van der Waals surface area contributed by atoms with Crippen molar-refractivity contribution in [3.05, 3.63) is 80.7 Å². The predicted octanol–water partition coefficient (Wildman–Crippen LogP) is 4.15. The Morgan fingerprint density at radius 3 is 2.68 bits per heavy atom. The minimum Gasteiger partial charge on any atom is -0.415 e. The molecule has 7 nitrogen and oxygen atoms in total. The summed E-state index contributed by atoms with van der Waals surface area (Å²) in [5, 5.41) is 18.8. The van der Waals surface area contributed by atoms with E-state index >= 15 is 0 Å². The largest absolute Gasteiger partial charge is 0.415 e. The Morgan fingerprint density at radius 1 is 1.20 bits per heavy atom. The maximum atomic E-state index is 12.2. The molecule has 126 valence electrons. The van der Waals surface area contributed by atoms with Crippen molar-refractivity contribution >= 4 is 34.2 Å². The van der Waals surface area contributed by atoms with Gasteiger partial charge in [0.1, 0.15) is 0 Å². The molecule has 0 amide bonds. The van der Waals surface area contributed by atoms with Gasteiger partial charge in [0.2, 0.25) is 11.0 Å². The molecular weight excluding hydrogens is 366 g/mol. The van der Waals surface area contributed by atoms with E-state index in [1.165, 1.54) is 24.3 Å². The molecular formula is C16H10ClN3O4S. The van der Waals surface area contributed by atoms with Gasteiger partial charge >= 0.3 is 0 Å². The first kappa shape index (κ1) is 17.1. The Labute approximate surface area is 151 Å². The molecule has 0 N–H and O–H groups in total. The summed E-state index contributed by atoms with van der Waals surface area (Å²) in [4.78, 5) is 22.4. The highest BCUT2D eigenvalue weighted by Crippen LogP contribution is 2.24. The summed E-state index contributed by atoms with van der Waals surface area (Å²) in [6.45, 7) is 0. The zero-order chi connectivity index (χ0) is 17.8. The summed E-state index contributed by atoms with van der Waals surface area (Å²) in [5.41, 5.74) is 0.978. The molecule has 0 saturated carbocycles. The molecule has 25 heavy (non-hydrogen) atoms. The maximum Gasteiger partial charge on any atom is 0.284 e. The number of nitro benzene ring substituents is 1. The summed E-state index contributed by atoms with van der Waals surface area (Å²) < 4.78 is 5.44. The van der Waals surface area contributed by atoms with Crippen molar-refractivity contribution in [3.63, 3.8) is 0 Å². The summed E-state index contributed by atoms with van der Waals surface area (Å²) in [7, 11) is 0. The fourth-order valence-corrected chi connectivity index (χ4v) is 2.76. The molecule has 0 saturated heterocycles. The highest BCUT2D eigenvalue weighted by Gasteiger charge is 2.16. The number of rotatable bonds is 5. The number of hydrogen-bond acceptors (Lipinski definition) is 7. The molecule has 0 bridgehead atoms. The van der Waals surface area contributed by atoms with E-state index in [1.807, 2.05) is 12.1 Å². The summed E-state index contributed by atoms with van der Waals surface area (Å²) in [6, 6.07) is 12.7. The third kappa shape index (κ3) is 4.43. The molecule has 0 spiro atoms. The molecule has 0 atom stereocenters. The van der Waals surface area contributed by atoms with Gasteiger partial charge in [0.25, 0.3) is 10.9 Å². The normalized spacial score (nSPS) is 10.6. The number of nitro groups is 1. The van der Waals surface area contributed by atoms with Crippen LogP contribution in [0.25, 0.3) is 0 Å². The molecule has 0 fully saturated rings. The first-order valence-corrected chi connectivity index (χ1v) is 8.24. The maximum absolute atomic E-state index is 12.2. The van der Waals surface area contributed by atoms with Crippen LogP contribution < -0.4 is 0 Å². The van der Waals surface area contributed by atoms with Crippen LogP contribution in [0.3, 0.4) is 0 Å². The lowest BCUT2D eigenvalue weighted by Gasteiger charge is -1.98. The number of halogens is 1. The van der Waals surface area contributed by atoms with Gasteiger partial charge in [0.05, 0.1) is 11.3 Å². The number of hydrogen-bond donors (Lipinski definition) is 0. The van der Waals surface area contributed by atoms with Gasteiger partial charge in [-0.15, -0.1) is 10.2 Å². The van der Waals surface area contributed by atoms with E-state index in [2.05, 4.69) is 10.2 Å². The molecule has 0 aliphatic rings. The zero-order valence-corrected chi connectivity index (χ0v) is 14.2. The third-order valence-corrected chi connectivity index (χ3v) is 4.20. The second-order valence-corrected chi connectivity index (χ2v) is 6.32. The average molecular weight is 376 g/mol. The molecule has 1 aromatic heterocycles. The average Bonchev–Trinajstić information content (AvgIpc) is 3.04. The summed E-state index contributed by atoms with van der Waals surface area (Å²) >= 11 is 6.56. The Bertz CT molecular complexity index is 927. The second kappa shape index (κ2) is 7.45.